The summed E-state index contributed by atoms with van der Waals surface area (Å²) in [6.07, 6.45) is 2.90. The van der Waals surface area contributed by atoms with E-state index in [-0.39, 0.29) is 17.5 Å². The molecule has 8 heteroatoms. The van der Waals surface area contributed by atoms with Gasteiger partial charge in [-0.15, -0.1) is 0 Å². The molecule has 108 valence electrons. The zero-order chi connectivity index (χ0) is 14.8. The van der Waals surface area contributed by atoms with Crippen LogP contribution in [0.2, 0.25) is 0 Å². The van der Waals surface area contributed by atoms with Gasteiger partial charge in [0.1, 0.15) is 0 Å². The van der Waals surface area contributed by atoms with E-state index >= 15 is 0 Å². The van der Waals surface area contributed by atoms with Gasteiger partial charge in [0.05, 0.1) is 10.9 Å². The number of sulfonamides is 1. The molecular weight excluding hydrogens is 412 g/mol. The van der Waals surface area contributed by atoms with Gasteiger partial charge in [-0.2, -0.15) is 4.31 Å². The third-order valence-electron chi connectivity index (χ3n) is 3.11. The Balaban J connectivity index is 2.34. The minimum atomic E-state index is -3.60. The Morgan fingerprint density at radius 3 is 2.80 bits per heavy atom. The first kappa shape index (κ1) is 15.9. The maximum atomic E-state index is 12.6. The lowest BCUT2D eigenvalue weighted by Gasteiger charge is -2.29. The van der Waals surface area contributed by atoms with Gasteiger partial charge in [0.2, 0.25) is 16.1 Å². The minimum absolute atomic E-state index is 0.211. The molecule has 1 aliphatic rings. The number of carbonyl (C=O) groups excluding carboxylic acids is 1. The van der Waals surface area contributed by atoms with Crippen LogP contribution >= 0.6 is 31.9 Å². The molecule has 0 amide bonds. The summed E-state index contributed by atoms with van der Waals surface area (Å²) in [7, 11) is -3.60. The Hall–Kier alpha value is -0.530. The van der Waals surface area contributed by atoms with Crippen molar-refractivity contribution in [1.82, 2.24) is 4.31 Å². The average Bonchev–Trinajstić information content (AvgIpc) is 2.42. The molecule has 2 rings (SSSR count). The first-order valence-corrected chi connectivity index (χ1v) is 9.00. The summed E-state index contributed by atoms with van der Waals surface area (Å²) in [5.41, 5.74) is 0. The summed E-state index contributed by atoms with van der Waals surface area (Å²) < 4.78 is 27.9. The van der Waals surface area contributed by atoms with Crippen LogP contribution in [0.3, 0.4) is 0 Å². The summed E-state index contributed by atoms with van der Waals surface area (Å²) >= 11 is 6.54. The zero-order valence-electron chi connectivity index (χ0n) is 10.4. The molecule has 0 aliphatic carbocycles. The van der Waals surface area contributed by atoms with E-state index in [0.29, 0.717) is 28.3 Å². The van der Waals surface area contributed by atoms with Crippen molar-refractivity contribution in [2.75, 3.05) is 13.1 Å². The molecule has 0 aromatic heterocycles. The van der Waals surface area contributed by atoms with Gasteiger partial charge in [-0.3, -0.25) is 0 Å². The van der Waals surface area contributed by atoms with Gasteiger partial charge in [0.25, 0.3) is 0 Å². The van der Waals surface area contributed by atoms with Crippen LogP contribution in [0.25, 0.3) is 0 Å². The van der Waals surface area contributed by atoms with Crippen LogP contribution in [0.15, 0.2) is 37.0 Å². The van der Waals surface area contributed by atoms with E-state index in [1.54, 1.807) is 18.2 Å². The predicted molar refractivity (Wildman–Crippen MR) is 81.7 cm³/mol. The van der Waals surface area contributed by atoms with Crippen LogP contribution in [0.1, 0.15) is 12.8 Å². The highest BCUT2D eigenvalue weighted by Gasteiger charge is 2.31. The molecule has 0 radical (unpaired) electrons. The van der Waals surface area contributed by atoms with Crippen LogP contribution in [0.4, 0.5) is 0 Å². The molecule has 1 fully saturated rings. The van der Waals surface area contributed by atoms with Crippen LogP contribution < -0.4 is 0 Å². The van der Waals surface area contributed by atoms with Gasteiger partial charge in [0, 0.05) is 22.0 Å². The van der Waals surface area contributed by atoms with Crippen LogP contribution in [0, 0.1) is 0 Å². The van der Waals surface area contributed by atoms with Crippen LogP contribution in [0.5, 0.6) is 0 Å². The standard InChI is InChI=1S/C12H12Br2N2O3S/c13-9-3-4-11(14)12(6-9)20(18,19)16-5-1-2-10(7-16)15-8-17/h3-4,6,10H,1-2,5,7H2. The molecule has 0 saturated carbocycles. The van der Waals surface area contributed by atoms with Gasteiger partial charge in [-0.1, -0.05) is 15.9 Å². The molecule has 0 bridgehead atoms. The highest BCUT2D eigenvalue weighted by atomic mass is 79.9. The highest BCUT2D eigenvalue weighted by Crippen LogP contribution is 2.30. The summed E-state index contributed by atoms with van der Waals surface area (Å²) in [5, 5.41) is 0. The minimum Gasteiger partial charge on any atom is -0.211 e. The molecule has 1 saturated heterocycles. The smallest absolute Gasteiger partial charge is 0.211 e. The lowest BCUT2D eigenvalue weighted by atomic mass is 10.1. The molecule has 1 heterocycles. The van der Waals surface area contributed by atoms with Crippen molar-refractivity contribution in [3.63, 3.8) is 0 Å². The second-order valence-electron chi connectivity index (χ2n) is 4.45. The number of piperidine rings is 1. The lowest BCUT2D eigenvalue weighted by molar-refractivity contribution is 0.316. The Labute approximate surface area is 134 Å². The monoisotopic (exact) mass is 422 g/mol. The molecule has 1 atom stereocenters. The number of benzene rings is 1. The van der Waals surface area contributed by atoms with E-state index in [9.17, 15) is 13.2 Å². The SMILES string of the molecule is O=C=NC1CCCN(S(=O)(=O)c2cc(Br)ccc2Br)C1. The summed E-state index contributed by atoms with van der Waals surface area (Å²) in [4.78, 5) is 14.2. The molecule has 5 nitrogen and oxygen atoms in total. The fraction of sp³-hybridized carbons (Fsp3) is 0.417. The van der Waals surface area contributed by atoms with Crippen molar-refractivity contribution in [3.05, 3.63) is 27.1 Å². The quantitative estimate of drug-likeness (QED) is 0.554. The van der Waals surface area contributed by atoms with Crippen molar-refractivity contribution < 1.29 is 13.2 Å². The topological polar surface area (TPSA) is 66.8 Å². The summed E-state index contributed by atoms with van der Waals surface area (Å²) in [6, 6.07) is 4.70. The van der Waals surface area contributed by atoms with Crippen molar-refractivity contribution >= 4 is 48.0 Å². The third-order valence-corrected chi connectivity index (χ3v) is 6.46. The second-order valence-corrected chi connectivity index (χ2v) is 8.13. The lowest BCUT2D eigenvalue weighted by Crippen LogP contribution is -2.41. The number of aliphatic imine (C=N–C) groups is 1. The van der Waals surface area contributed by atoms with Crippen molar-refractivity contribution in [1.29, 1.82) is 0 Å². The fourth-order valence-electron chi connectivity index (χ4n) is 2.13. The molecule has 1 aromatic carbocycles. The van der Waals surface area contributed by atoms with E-state index < -0.39 is 10.0 Å². The average molecular weight is 424 g/mol. The van der Waals surface area contributed by atoms with Gasteiger partial charge in [0.15, 0.2) is 0 Å². The molecule has 1 unspecified atom stereocenters. The molecule has 0 N–H and O–H groups in total. The van der Waals surface area contributed by atoms with E-state index in [1.165, 1.54) is 10.4 Å². The van der Waals surface area contributed by atoms with Gasteiger partial charge >= 0.3 is 0 Å². The Morgan fingerprint density at radius 1 is 1.35 bits per heavy atom. The number of rotatable bonds is 3. The normalized spacial score (nSPS) is 20.4. The van der Waals surface area contributed by atoms with E-state index in [2.05, 4.69) is 36.9 Å². The van der Waals surface area contributed by atoms with E-state index in [1.807, 2.05) is 0 Å². The Bertz CT molecular complexity index is 657. The van der Waals surface area contributed by atoms with Gasteiger partial charge < -0.3 is 0 Å². The summed E-state index contributed by atoms with van der Waals surface area (Å²) in [6.45, 7) is 0.655. The van der Waals surface area contributed by atoms with Crippen molar-refractivity contribution in [2.45, 2.75) is 23.8 Å². The fourth-order valence-corrected chi connectivity index (χ4v) is 5.11. The number of nitrogens with zero attached hydrogens (tertiary/aromatic N) is 2. The van der Waals surface area contributed by atoms with Crippen molar-refractivity contribution in [2.24, 2.45) is 4.99 Å². The number of hydrogen-bond donors (Lipinski definition) is 0. The summed E-state index contributed by atoms with van der Waals surface area (Å²) in [5.74, 6) is 0. The largest absolute Gasteiger partial charge is 0.244 e. The van der Waals surface area contributed by atoms with Crippen molar-refractivity contribution in [3.8, 4) is 0 Å². The van der Waals surface area contributed by atoms with Gasteiger partial charge in [-0.25, -0.2) is 18.2 Å². The van der Waals surface area contributed by atoms with Crippen LogP contribution in [-0.4, -0.2) is 37.9 Å². The molecule has 1 aliphatic heterocycles. The molecule has 0 spiro atoms. The maximum absolute atomic E-state index is 12.6. The first-order chi connectivity index (χ1) is 9.45. The Morgan fingerprint density at radius 2 is 2.10 bits per heavy atom. The van der Waals surface area contributed by atoms with E-state index in [0.717, 1.165) is 0 Å². The second kappa shape index (κ2) is 6.49. The number of isocyanates is 1. The maximum Gasteiger partial charge on any atom is 0.244 e. The highest BCUT2D eigenvalue weighted by molar-refractivity contribution is 9.11. The molecule has 1 aromatic rings. The number of halogens is 2. The predicted octanol–water partition coefficient (Wildman–Crippen LogP) is 2.70. The molecule has 20 heavy (non-hydrogen) atoms. The van der Waals surface area contributed by atoms with Crippen LogP contribution in [-0.2, 0) is 14.8 Å². The van der Waals surface area contributed by atoms with E-state index in [4.69, 9.17) is 0 Å². The first-order valence-electron chi connectivity index (χ1n) is 5.97. The number of hydrogen-bond acceptors (Lipinski definition) is 4. The Kier molecular flexibility index (Phi) is 5.14. The van der Waals surface area contributed by atoms with Gasteiger partial charge in [-0.05, 0) is 47.0 Å². The third kappa shape index (κ3) is 3.38. The zero-order valence-corrected chi connectivity index (χ0v) is 14.4. The molecular formula is C12H12Br2N2O3S.